The van der Waals surface area contributed by atoms with Crippen LogP contribution >= 0.6 is 24.0 Å². The van der Waals surface area contributed by atoms with Crippen LogP contribution in [0.15, 0.2) is 0 Å². The van der Waals surface area contributed by atoms with Crippen molar-refractivity contribution in [2.45, 2.75) is 25.6 Å². The minimum absolute atomic E-state index is 0.300. The predicted molar refractivity (Wildman–Crippen MR) is 48.3 cm³/mol. The lowest BCUT2D eigenvalue weighted by molar-refractivity contribution is 0.234. The molecule has 11 heavy (non-hydrogen) atoms. The van der Waals surface area contributed by atoms with Crippen molar-refractivity contribution in [3.8, 4) is 0 Å². The Morgan fingerprint density at radius 2 is 2.36 bits per heavy atom. The van der Waals surface area contributed by atoms with Crippen LogP contribution in [0.4, 0.5) is 0 Å². The van der Waals surface area contributed by atoms with Gasteiger partial charge in [-0.3, -0.25) is 0 Å². The Morgan fingerprint density at radius 1 is 1.73 bits per heavy atom. The van der Waals surface area contributed by atoms with Gasteiger partial charge in [0.25, 0.3) is 5.85 Å². The number of hydrogen-bond donors (Lipinski definition) is 1. The molecular formula is C6H13BrO3P+. The number of hydrogen-bond acceptors (Lipinski definition) is 3. The van der Waals surface area contributed by atoms with Gasteiger partial charge in [0.15, 0.2) is 0 Å². The van der Waals surface area contributed by atoms with Gasteiger partial charge in [-0.1, -0.05) is 29.3 Å². The van der Waals surface area contributed by atoms with Crippen molar-refractivity contribution in [3.05, 3.63) is 0 Å². The van der Waals surface area contributed by atoms with E-state index in [2.05, 4.69) is 15.9 Å². The molecule has 0 fully saturated rings. The van der Waals surface area contributed by atoms with Crippen LogP contribution in [0.1, 0.15) is 19.8 Å². The van der Waals surface area contributed by atoms with Gasteiger partial charge in [-0.05, 0) is 11.0 Å². The molecular weight excluding hydrogens is 231 g/mol. The minimum Gasteiger partial charge on any atom is -0.348 e. The smallest absolute Gasteiger partial charge is 0.348 e. The average Bonchev–Trinajstić information content (AvgIpc) is 2.03. The van der Waals surface area contributed by atoms with Crippen molar-refractivity contribution in [2.75, 3.05) is 11.9 Å². The van der Waals surface area contributed by atoms with Gasteiger partial charge < -0.3 is 5.11 Å². The number of aliphatic hydroxyl groups is 1. The summed E-state index contributed by atoms with van der Waals surface area (Å²) in [4.78, 5) is 0. The molecule has 0 saturated carbocycles. The standard InChI is InChI=1S/C6H13BrO3P/c1-2-3-4-10-11(9)6(8)5-7/h6,8H,2-5H2,1H3/q+1. The summed E-state index contributed by atoms with van der Waals surface area (Å²) in [5, 5.41) is 9.27. The van der Waals surface area contributed by atoms with Crippen LogP contribution in [0, 0.1) is 0 Å². The molecule has 2 atom stereocenters. The molecule has 2 unspecified atom stereocenters. The fraction of sp³-hybridized carbons (Fsp3) is 1.00. The summed E-state index contributed by atoms with van der Waals surface area (Å²) in [6.07, 6.45) is 1.89. The maximum absolute atomic E-state index is 10.9. The second-order valence-electron chi connectivity index (χ2n) is 2.11. The van der Waals surface area contributed by atoms with Gasteiger partial charge in [-0.2, -0.15) is 0 Å². The number of aliphatic hydroxyl groups excluding tert-OH is 1. The normalized spacial score (nSPS) is 14.6. The van der Waals surface area contributed by atoms with Crippen LogP contribution in [0.5, 0.6) is 0 Å². The molecule has 0 rings (SSSR count). The van der Waals surface area contributed by atoms with Crippen LogP contribution < -0.4 is 0 Å². The van der Waals surface area contributed by atoms with Crippen LogP contribution in [0.25, 0.3) is 0 Å². The number of halogens is 1. The summed E-state index contributed by atoms with van der Waals surface area (Å²) >= 11 is 3.01. The quantitative estimate of drug-likeness (QED) is 0.442. The molecule has 0 spiro atoms. The minimum atomic E-state index is -1.89. The van der Waals surface area contributed by atoms with E-state index in [1.165, 1.54) is 0 Å². The summed E-state index contributed by atoms with van der Waals surface area (Å²) in [5.74, 6) is -0.873. The molecule has 0 amide bonds. The van der Waals surface area contributed by atoms with E-state index in [-0.39, 0.29) is 0 Å². The molecule has 0 aromatic carbocycles. The van der Waals surface area contributed by atoms with Crippen LogP contribution in [0.2, 0.25) is 0 Å². The first kappa shape index (κ1) is 11.5. The van der Waals surface area contributed by atoms with Crippen molar-refractivity contribution < 1.29 is 14.2 Å². The number of unbranched alkanes of at least 4 members (excludes halogenated alkanes) is 1. The lowest BCUT2D eigenvalue weighted by Gasteiger charge is -1.92. The topological polar surface area (TPSA) is 46.5 Å². The Morgan fingerprint density at radius 3 is 2.82 bits per heavy atom. The molecule has 1 N–H and O–H groups in total. The Hall–Kier alpha value is 0.500. The van der Waals surface area contributed by atoms with Gasteiger partial charge in [-0.15, -0.1) is 4.52 Å². The van der Waals surface area contributed by atoms with Crippen molar-refractivity contribution >= 4 is 24.0 Å². The maximum atomic E-state index is 10.9. The van der Waals surface area contributed by atoms with Crippen LogP contribution in [-0.4, -0.2) is 22.9 Å². The molecule has 66 valence electrons. The Kier molecular flexibility index (Phi) is 7.49. The summed E-state index contributed by atoms with van der Waals surface area (Å²) in [5.41, 5.74) is 0. The zero-order valence-electron chi connectivity index (χ0n) is 6.49. The van der Waals surface area contributed by atoms with E-state index in [0.717, 1.165) is 12.8 Å². The van der Waals surface area contributed by atoms with Crippen molar-refractivity contribution in [2.24, 2.45) is 0 Å². The molecule has 0 aromatic heterocycles. The van der Waals surface area contributed by atoms with Gasteiger partial charge in [0.05, 0.1) is 5.33 Å². The number of alkyl halides is 1. The van der Waals surface area contributed by atoms with E-state index >= 15 is 0 Å². The molecule has 0 heterocycles. The zero-order valence-corrected chi connectivity index (χ0v) is 8.98. The summed E-state index contributed by atoms with van der Waals surface area (Å²) in [6.45, 7) is 2.49. The summed E-state index contributed by atoms with van der Waals surface area (Å²) < 4.78 is 15.8. The molecule has 5 heteroatoms. The second kappa shape index (κ2) is 7.17. The van der Waals surface area contributed by atoms with Gasteiger partial charge in [0, 0.05) is 0 Å². The summed E-state index contributed by atoms with van der Waals surface area (Å²) in [7, 11) is -1.89. The molecule has 0 aliphatic heterocycles. The Balaban J connectivity index is 3.36. The average molecular weight is 244 g/mol. The highest BCUT2D eigenvalue weighted by atomic mass is 79.9. The van der Waals surface area contributed by atoms with Crippen molar-refractivity contribution in [1.82, 2.24) is 0 Å². The predicted octanol–water partition coefficient (Wildman–Crippen LogP) is 2.26. The highest BCUT2D eigenvalue weighted by Gasteiger charge is 2.28. The summed E-state index contributed by atoms with van der Waals surface area (Å²) in [6, 6.07) is 0. The lowest BCUT2D eigenvalue weighted by Crippen LogP contribution is -2.03. The van der Waals surface area contributed by atoms with Gasteiger partial charge in [0.1, 0.15) is 6.61 Å². The van der Waals surface area contributed by atoms with Gasteiger partial charge in [-0.25, -0.2) is 0 Å². The first-order valence-electron chi connectivity index (χ1n) is 3.55. The molecule has 0 saturated heterocycles. The molecule has 0 aliphatic carbocycles. The van der Waals surface area contributed by atoms with Crippen molar-refractivity contribution in [1.29, 1.82) is 0 Å². The molecule has 0 aromatic rings. The van der Waals surface area contributed by atoms with Gasteiger partial charge in [0.2, 0.25) is 0 Å². The maximum Gasteiger partial charge on any atom is 0.541 e. The third kappa shape index (κ3) is 5.74. The Bertz CT molecular complexity index is 120. The third-order valence-electron chi connectivity index (χ3n) is 1.10. The van der Waals surface area contributed by atoms with E-state index in [1.807, 2.05) is 6.92 Å². The molecule has 0 bridgehead atoms. The van der Waals surface area contributed by atoms with Crippen LogP contribution in [-0.2, 0) is 9.09 Å². The van der Waals surface area contributed by atoms with E-state index in [0.29, 0.717) is 11.9 Å². The monoisotopic (exact) mass is 243 g/mol. The molecule has 3 nitrogen and oxygen atoms in total. The van der Waals surface area contributed by atoms with E-state index in [9.17, 15) is 4.57 Å². The Labute approximate surface area is 76.1 Å². The van der Waals surface area contributed by atoms with E-state index in [4.69, 9.17) is 9.63 Å². The van der Waals surface area contributed by atoms with Gasteiger partial charge >= 0.3 is 8.03 Å². The first-order valence-corrected chi connectivity index (χ1v) is 5.92. The fourth-order valence-electron chi connectivity index (χ4n) is 0.441. The third-order valence-corrected chi connectivity index (χ3v) is 3.32. The van der Waals surface area contributed by atoms with E-state index < -0.39 is 13.9 Å². The molecule has 0 aliphatic rings. The SMILES string of the molecule is CCCCO[P+](=O)C(O)CBr. The van der Waals surface area contributed by atoms with Crippen LogP contribution in [0.3, 0.4) is 0 Å². The molecule has 0 radical (unpaired) electrons. The van der Waals surface area contributed by atoms with E-state index in [1.54, 1.807) is 0 Å². The zero-order chi connectivity index (χ0) is 8.69. The first-order chi connectivity index (χ1) is 5.22. The van der Waals surface area contributed by atoms with Crippen molar-refractivity contribution in [3.63, 3.8) is 0 Å². The highest BCUT2D eigenvalue weighted by molar-refractivity contribution is 9.09. The fourth-order valence-corrected chi connectivity index (χ4v) is 1.74. The second-order valence-corrected chi connectivity index (χ2v) is 4.18. The highest BCUT2D eigenvalue weighted by Crippen LogP contribution is 2.28. The number of rotatable bonds is 6. The lowest BCUT2D eigenvalue weighted by atomic mass is 10.4. The largest absolute Gasteiger partial charge is 0.541 e.